The van der Waals surface area contributed by atoms with Crippen LogP contribution in [0.25, 0.3) is 5.65 Å². The van der Waals surface area contributed by atoms with E-state index in [1.807, 2.05) is 6.07 Å². The molecule has 0 aliphatic heterocycles. The predicted octanol–water partition coefficient (Wildman–Crippen LogP) is 0.715. The van der Waals surface area contributed by atoms with Crippen molar-refractivity contribution in [1.29, 1.82) is 0 Å². The van der Waals surface area contributed by atoms with Crippen molar-refractivity contribution in [3.63, 3.8) is 0 Å². The molecule has 0 spiro atoms. The van der Waals surface area contributed by atoms with Crippen molar-refractivity contribution in [3.8, 4) is 0 Å². The van der Waals surface area contributed by atoms with Gasteiger partial charge in [0.2, 0.25) is 5.91 Å². The van der Waals surface area contributed by atoms with Gasteiger partial charge in [0.25, 0.3) is 5.91 Å². The normalized spacial score (nSPS) is 24.6. The van der Waals surface area contributed by atoms with Crippen molar-refractivity contribution >= 4 is 17.5 Å². The molecule has 5 rings (SSSR count). The minimum atomic E-state index is -0.827. The number of nitrogens with zero attached hydrogens (tertiary/aromatic N) is 5. The molecular weight excluding hydrogens is 381 g/mol. The highest BCUT2D eigenvalue weighted by atomic mass is 19.1. The second kappa shape index (κ2) is 6.33. The van der Waals surface area contributed by atoms with Gasteiger partial charge in [-0.05, 0) is 36.6 Å². The molecular formula is C18H18FN7O3. The molecule has 11 heteroatoms. The van der Waals surface area contributed by atoms with E-state index < -0.39 is 17.5 Å². The third-order valence-corrected chi connectivity index (χ3v) is 5.76. The van der Waals surface area contributed by atoms with Gasteiger partial charge in [0, 0.05) is 12.5 Å². The van der Waals surface area contributed by atoms with Crippen LogP contribution in [0.1, 0.15) is 40.3 Å². The van der Waals surface area contributed by atoms with E-state index in [-0.39, 0.29) is 24.1 Å². The van der Waals surface area contributed by atoms with Crippen LogP contribution < -0.4 is 10.6 Å². The molecule has 3 aromatic rings. The Morgan fingerprint density at radius 2 is 2.17 bits per heavy atom. The number of aryl methyl sites for hydroxylation is 1. The molecule has 3 atom stereocenters. The van der Waals surface area contributed by atoms with Gasteiger partial charge < -0.3 is 10.6 Å². The lowest BCUT2D eigenvalue weighted by Gasteiger charge is -2.27. The third kappa shape index (κ3) is 2.93. The lowest BCUT2D eigenvalue weighted by molar-refractivity contribution is -0.131. The highest BCUT2D eigenvalue weighted by molar-refractivity contribution is 5.92. The molecule has 2 amide bonds. The average Bonchev–Trinajstić information content (AvgIpc) is 2.99. The number of halogens is 1. The first kappa shape index (κ1) is 17.7. The number of aromatic nitrogens is 5. The van der Waals surface area contributed by atoms with E-state index in [1.165, 1.54) is 0 Å². The van der Waals surface area contributed by atoms with Crippen molar-refractivity contribution in [2.45, 2.75) is 39.0 Å². The largest absolute Gasteiger partial charge is 0.351 e. The van der Waals surface area contributed by atoms with Gasteiger partial charge in [-0.25, -0.2) is 18.5 Å². The smallest absolute Gasteiger partial charge is 0.275 e. The van der Waals surface area contributed by atoms with E-state index in [2.05, 4.69) is 35.7 Å². The topological polar surface area (TPSA) is 127 Å². The number of hydrogen-bond donors (Lipinski definition) is 2. The highest BCUT2D eigenvalue weighted by Crippen LogP contribution is 2.68. The van der Waals surface area contributed by atoms with Gasteiger partial charge in [0.05, 0.1) is 30.0 Å². The summed E-state index contributed by atoms with van der Waals surface area (Å²) < 4.78 is 19.4. The summed E-state index contributed by atoms with van der Waals surface area (Å²) in [6.45, 7) is 2.13. The molecule has 0 radical (unpaired) electrons. The van der Waals surface area contributed by atoms with Crippen LogP contribution in [0.4, 0.5) is 4.39 Å². The summed E-state index contributed by atoms with van der Waals surface area (Å²) in [5, 5.41) is 17.0. The Bertz CT molecular complexity index is 1130. The number of hydrogen-bond acceptors (Lipinski definition) is 7. The standard InChI is InChI=1S/C18H18FN7O3/c1-9-15(25-29-24-9)16(27)20-7-11-8-26-14(23-11)2-10(6-22-26)5-21-17(28)18-3-12(18)13(19)4-18/h2,6,8,12-13H,3-5,7H2,1H3,(H,20,27)(H,21,28)/t12-,13+,18-/m1/s1. The SMILES string of the molecule is Cc1nonc1C(=O)NCc1cn2ncc(CNC(=O)[C@@]34C[C@@H]3[C@@H](F)C4)cc2n1. The predicted molar refractivity (Wildman–Crippen MR) is 95.1 cm³/mol. The van der Waals surface area contributed by atoms with Crippen molar-refractivity contribution in [2.24, 2.45) is 11.3 Å². The summed E-state index contributed by atoms with van der Waals surface area (Å²) in [6, 6.07) is 1.81. The molecule has 2 fully saturated rings. The Hall–Kier alpha value is -3.37. The molecule has 2 saturated carbocycles. The van der Waals surface area contributed by atoms with E-state index in [9.17, 15) is 14.0 Å². The van der Waals surface area contributed by atoms with Crippen molar-refractivity contribution in [1.82, 2.24) is 35.5 Å². The number of carbonyl (C=O) groups is 2. The maximum absolute atomic E-state index is 13.3. The monoisotopic (exact) mass is 399 g/mol. The molecule has 2 aliphatic rings. The fraction of sp³-hybridized carbons (Fsp3) is 0.444. The van der Waals surface area contributed by atoms with Gasteiger partial charge >= 0.3 is 0 Å². The molecule has 3 heterocycles. The van der Waals surface area contributed by atoms with Crippen LogP contribution in [0.2, 0.25) is 0 Å². The van der Waals surface area contributed by atoms with E-state index in [0.717, 1.165) is 5.56 Å². The zero-order valence-corrected chi connectivity index (χ0v) is 15.6. The summed E-state index contributed by atoms with van der Waals surface area (Å²) in [4.78, 5) is 28.8. The first-order valence-corrected chi connectivity index (χ1v) is 9.29. The first-order chi connectivity index (χ1) is 14.0. The zero-order chi connectivity index (χ0) is 20.2. The number of alkyl halides is 1. The van der Waals surface area contributed by atoms with Crippen LogP contribution >= 0.6 is 0 Å². The second-order valence-corrected chi connectivity index (χ2v) is 7.65. The Balaban J connectivity index is 1.20. The number of carbonyl (C=O) groups excluding carboxylic acids is 2. The van der Waals surface area contributed by atoms with Gasteiger partial charge in [-0.15, -0.1) is 0 Å². The van der Waals surface area contributed by atoms with E-state index in [0.29, 0.717) is 36.4 Å². The van der Waals surface area contributed by atoms with Gasteiger partial charge in [-0.1, -0.05) is 5.16 Å². The van der Waals surface area contributed by atoms with Gasteiger partial charge in [0.15, 0.2) is 11.3 Å². The van der Waals surface area contributed by atoms with Crippen molar-refractivity contribution in [2.75, 3.05) is 0 Å². The molecule has 2 N–H and O–H groups in total. The number of nitrogens with one attached hydrogen (secondary N) is 2. The number of amides is 2. The van der Waals surface area contributed by atoms with Crippen LogP contribution in [-0.2, 0) is 17.9 Å². The molecule has 0 saturated heterocycles. The Labute approximate surface area is 163 Å². The Morgan fingerprint density at radius 3 is 2.86 bits per heavy atom. The number of rotatable bonds is 6. The van der Waals surface area contributed by atoms with Gasteiger partial charge in [-0.3, -0.25) is 9.59 Å². The van der Waals surface area contributed by atoms with Crippen LogP contribution in [-0.4, -0.2) is 42.9 Å². The maximum Gasteiger partial charge on any atom is 0.275 e. The molecule has 3 aromatic heterocycles. The van der Waals surface area contributed by atoms with Crippen molar-refractivity contribution < 1.29 is 18.6 Å². The van der Waals surface area contributed by atoms with Crippen LogP contribution in [0.15, 0.2) is 23.1 Å². The zero-order valence-electron chi connectivity index (χ0n) is 15.6. The fourth-order valence-corrected chi connectivity index (χ4v) is 3.92. The molecule has 0 unspecified atom stereocenters. The quantitative estimate of drug-likeness (QED) is 0.625. The number of fused-ring (bicyclic) bond motifs is 2. The first-order valence-electron chi connectivity index (χ1n) is 9.29. The van der Waals surface area contributed by atoms with E-state index in [4.69, 9.17) is 0 Å². The third-order valence-electron chi connectivity index (χ3n) is 5.76. The minimum Gasteiger partial charge on any atom is -0.351 e. The lowest BCUT2D eigenvalue weighted by Crippen LogP contribution is -2.41. The Kier molecular flexibility index (Phi) is 3.86. The minimum absolute atomic E-state index is 0.0827. The van der Waals surface area contributed by atoms with Gasteiger partial charge in [0.1, 0.15) is 11.9 Å². The summed E-state index contributed by atoms with van der Waals surface area (Å²) in [7, 11) is 0. The Morgan fingerprint density at radius 1 is 1.31 bits per heavy atom. The molecule has 29 heavy (non-hydrogen) atoms. The van der Waals surface area contributed by atoms with E-state index in [1.54, 1.807) is 23.8 Å². The summed E-state index contributed by atoms with van der Waals surface area (Å²) in [5.41, 5.74) is 2.08. The summed E-state index contributed by atoms with van der Waals surface area (Å²) in [5.74, 6) is -0.577. The fourth-order valence-electron chi connectivity index (χ4n) is 3.92. The lowest BCUT2D eigenvalue weighted by atomic mass is 9.82. The second-order valence-electron chi connectivity index (χ2n) is 7.65. The number of imidazole rings is 1. The molecule has 10 nitrogen and oxygen atoms in total. The molecule has 150 valence electrons. The molecule has 0 bridgehead atoms. The van der Waals surface area contributed by atoms with E-state index >= 15 is 0 Å². The van der Waals surface area contributed by atoms with Crippen molar-refractivity contribution in [3.05, 3.63) is 41.1 Å². The van der Waals surface area contributed by atoms with Crippen LogP contribution in [0, 0.1) is 18.3 Å². The summed E-state index contributed by atoms with van der Waals surface area (Å²) >= 11 is 0. The van der Waals surface area contributed by atoms with Crippen LogP contribution in [0.5, 0.6) is 0 Å². The molecule has 0 aromatic carbocycles. The maximum atomic E-state index is 13.3. The van der Waals surface area contributed by atoms with Gasteiger partial charge in [-0.2, -0.15) is 5.10 Å². The summed E-state index contributed by atoms with van der Waals surface area (Å²) in [6.07, 6.45) is 3.50. The average molecular weight is 399 g/mol. The van der Waals surface area contributed by atoms with Crippen LogP contribution in [0.3, 0.4) is 0 Å². The highest BCUT2D eigenvalue weighted by Gasteiger charge is 2.72. The molecule has 2 aliphatic carbocycles.